The number of hydrogen-bond acceptors (Lipinski definition) is 4. The van der Waals surface area contributed by atoms with Gasteiger partial charge in [-0.15, -0.1) is 0 Å². The molecule has 2 N–H and O–H groups in total. The molecule has 2 aliphatic heterocycles. The van der Waals surface area contributed by atoms with E-state index in [2.05, 4.69) is 23.6 Å². The first-order chi connectivity index (χ1) is 11.5. The lowest BCUT2D eigenvalue weighted by molar-refractivity contribution is -0.130. The maximum Gasteiger partial charge on any atom is 0.317 e. The van der Waals surface area contributed by atoms with E-state index < -0.39 is 0 Å². The summed E-state index contributed by atoms with van der Waals surface area (Å²) in [6.45, 7) is 4.78. The Morgan fingerprint density at radius 2 is 1.96 bits per heavy atom. The fourth-order valence-electron chi connectivity index (χ4n) is 4.70. The van der Waals surface area contributed by atoms with E-state index in [1.54, 1.807) is 11.9 Å². The number of fused-ring (bicyclic) bond motifs is 1. The van der Waals surface area contributed by atoms with E-state index in [1.165, 1.54) is 0 Å². The van der Waals surface area contributed by atoms with Gasteiger partial charge in [-0.05, 0) is 44.4 Å². The number of carbonyl (C=O) groups excluding carboxylic acids is 2. The highest BCUT2D eigenvalue weighted by atomic mass is 16.2. The Kier molecular flexibility index (Phi) is 4.68. The van der Waals surface area contributed by atoms with Gasteiger partial charge in [0, 0.05) is 32.2 Å². The van der Waals surface area contributed by atoms with Crippen LogP contribution in [0.15, 0.2) is 0 Å². The molecule has 0 aromatic carbocycles. The van der Waals surface area contributed by atoms with E-state index in [1.807, 2.05) is 4.90 Å². The van der Waals surface area contributed by atoms with Crippen molar-refractivity contribution in [3.8, 4) is 6.07 Å². The fraction of sp³-hybridized carbons (Fsp3) is 0.824. The Morgan fingerprint density at radius 1 is 1.29 bits per heavy atom. The van der Waals surface area contributed by atoms with Crippen molar-refractivity contribution in [2.75, 3.05) is 33.2 Å². The molecular formula is C17H27N5O2. The van der Waals surface area contributed by atoms with Crippen molar-refractivity contribution in [3.63, 3.8) is 0 Å². The highest BCUT2D eigenvalue weighted by Gasteiger charge is 2.47. The third-order valence-corrected chi connectivity index (χ3v) is 5.89. The van der Waals surface area contributed by atoms with Crippen LogP contribution >= 0.6 is 0 Å². The van der Waals surface area contributed by atoms with Crippen LogP contribution in [0.2, 0.25) is 0 Å². The van der Waals surface area contributed by atoms with Crippen LogP contribution in [0.3, 0.4) is 0 Å². The molecule has 1 unspecified atom stereocenters. The average Bonchev–Trinajstić information content (AvgIpc) is 3.24. The van der Waals surface area contributed by atoms with Crippen LogP contribution in [-0.4, -0.2) is 66.5 Å². The predicted molar refractivity (Wildman–Crippen MR) is 89.0 cm³/mol. The van der Waals surface area contributed by atoms with Crippen LogP contribution in [0.1, 0.15) is 32.6 Å². The Hall–Kier alpha value is -1.81. The van der Waals surface area contributed by atoms with E-state index in [0.717, 1.165) is 38.8 Å². The monoisotopic (exact) mass is 333 g/mol. The molecule has 4 atom stereocenters. The molecule has 0 bridgehead atoms. The Labute approximate surface area is 143 Å². The van der Waals surface area contributed by atoms with Crippen LogP contribution in [0.5, 0.6) is 0 Å². The highest BCUT2D eigenvalue weighted by molar-refractivity contribution is 5.79. The maximum absolute atomic E-state index is 12.4. The summed E-state index contributed by atoms with van der Waals surface area (Å²) in [5, 5.41) is 15.3. The lowest BCUT2D eigenvalue weighted by Gasteiger charge is -2.29. The largest absolute Gasteiger partial charge is 0.341 e. The zero-order chi connectivity index (χ0) is 17.3. The zero-order valence-electron chi connectivity index (χ0n) is 14.5. The van der Waals surface area contributed by atoms with Crippen LogP contribution in [0.25, 0.3) is 0 Å². The highest BCUT2D eigenvalue weighted by Crippen LogP contribution is 2.43. The second-order valence-corrected chi connectivity index (χ2v) is 7.68. The third kappa shape index (κ3) is 3.20. The number of hydrogen-bond donors (Lipinski definition) is 2. The number of likely N-dealkylation sites (tertiary alicyclic amines) is 2. The van der Waals surface area contributed by atoms with Crippen LogP contribution in [0, 0.1) is 23.2 Å². The van der Waals surface area contributed by atoms with Gasteiger partial charge in [-0.25, -0.2) is 4.79 Å². The third-order valence-electron chi connectivity index (χ3n) is 5.89. The standard InChI is InChI=1S/C17H27N5O2/c1-17(20-9-15(23)22-5-3-4-14(22)8-18)6-12-10-21(16(24)19-2)11-13(12)7-17/h12-14,20H,3-7,9-11H2,1-2H3,(H,19,24)/t12-,13+,14-,17?/m0/s1. The van der Waals surface area contributed by atoms with E-state index in [-0.39, 0.29) is 23.5 Å². The minimum atomic E-state index is -0.254. The van der Waals surface area contributed by atoms with Gasteiger partial charge in [0.2, 0.25) is 5.91 Å². The lowest BCUT2D eigenvalue weighted by Crippen LogP contribution is -2.48. The SMILES string of the molecule is CNC(=O)N1C[C@@H]2CC(C)(NCC(=O)N3CCC[C@H]3C#N)C[C@@H]2C1. The Morgan fingerprint density at radius 3 is 2.54 bits per heavy atom. The zero-order valence-corrected chi connectivity index (χ0v) is 14.5. The van der Waals surface area contributed by atoms with Gasteiger partial charge >= 0.3 is 6.03 Å². The van der Waals surface area contributed by atoms with E-state index in [4.69, 9.17) is 5.26 Å². The molecular weight excluding hydrogens is 306 g/mol. The predicted octanol–water partition coefficient (Wildman–Crippen LogP) is 0.530. The molecule has 132 valence electrons. The summed E-state index contributed by atoms with van der Waals surface area (Å²) in [5.74, 6) is 1.05. The molecule has 3 aliphatic rings. The number of rotatable bonds is 3. The second kappa shape index (κ2) is 6.60. The van der Waals surface area contributed by atoms with E-state index >= 15 is 0 Å². The molecule has 2 saturated heterocycles. The van der Waals surface area contributed by atoms with Crippen LogP contribution in [0.4, 0.5) is 4.79 Å². The van der Waals surface area contributed by atoms with Gasteiger partial charge < -0.3 is 20.4 Å². The van der Waals surface area contributed by atoms with Gasteiger partial charge in [0.05, 0.1) is 12.6 Å². The molecule has 3 amide bonds. The number of amides is 3. The average molecular weight is 333 g/mol. The molecule has 0 aromatic rings. The summed E-state index contributed by atoms with van der Waals surface area (Å²) in [7, 11) is 1.67. The Balaban J connectivity index is 1.50. The first kappa shape index (κ1) is 17.0. The van der Waals surface area contributed by atoms with E-state index in [0.29, 0.717) is 24.9 Å². The smallest absolute Gasteiger partial charge is 0.317 e. The van der Waals surface area contributed by atoms with Crippen molar-refractivity contribution in [3.05, 3.63) is 0 Å². The summed E-state index contributed by atoms with van der Waals surface area (Å²) in [4.78, 5) is 27.7. The minimum Gasteiger partial charge on any atom is -0.341 e. The number of urea groups is 1. The van der Waals surface area contributed by atoms with Crippen LogP contribution < -0.4 is 10.6 Å². The second-order valence-electron chi connectivity index (χ2n) is 7.68. The number of carbonyl (C=O) groups is 2. The van der Waals surface area contributed by atoms with Gasteiger partial charge in [0.25, 0.3) is 0 Å². The topological polar surface area (TPSA) is 88.5 Å². The summed E-state index contributed by atoms with van der Waals surface area (Å²) >= 11 is 0. The number of nitriles is 1. The fourth-order valence-corrected chi connectivity index (χ4v) is 4.70. The summed E-state index contributed by atoms with van der Waals surface area (Å²) in [6.07, 6.45) is 3.68. The molecule has 0 aromatic heterocycles. The molecule has 3 fully saturated rings. The van der Waals surface area contributed by atoms with Gasteiger partial charge in [-0.2, -0.15) is 5.26 Å². The van der Waals surface area contributed by atoms with Crippen LogP contribution in [-0.2, 0) is 4.79 Å². The van der Waals surface area contributed by atoms with Crippen molar-refractivity contribution >= 4 is 11.9 Å². The number of nitrogens with one attached hydrogen (secondary N) is 2. The Bertz CT molecular complexity index is 544. The molecule has 0 spiro atoms. The molecule has 3 rings (SSSR count). The molecule has 1 saturated carbocycles. The summed E-state index contributed by atoms with van der Waals surface area (Å²) < 4.78 is 0. The summed E-state index contributed by atoms with van der Waals surface area (Å²) in [5.41, 5.74) is -0.0539. The number of nitrogens with zero attached hydrogens (tertiary/aromatic N) is 3. The van der Waals surface area contributed by atoms with Crippen molar-refractivity contribution in [1.29, 1.82) is 5.26 Å². The lowest BCUT2D eigenvalue weighted by atomic mass is 9.98. The molecule has 7 heteroatoms. The minimum absolute atomic E-state index is 0.00539. The maximum atomic E-state index is 12.4. The first-order valence-electron chi connectivity index (χ1n) is 8.86. The molecule has 2 heterocycles. The van der Waals surface area contributed by atoms with Gasteiger partial charge in [-0.1, -0.05) is 0 Å². The van der Waals surface area contributed by atoms with Gasteiger partial charge in [-0.3, -0.25) is 4.79 Å². The molecule has 0 radical (unpaired) electrons. The van der Waals surface area contributed by atoms with Crippen molar-refractivity contribution in [2.24, 2.45) is 11.8 Å². The van der Waals surface area contributed by atoms with Gasteiger partial charge in [0.1, 0.15) is 6.04 Å². The van der Waals surface area contributed by atoms with Crippen molar-refractivity contribution in [2.45, 2.75) is 44.2 Å². The van der Waals surface area contributed by atoms with E-state index in [9.17, 15) is 9.59 Å². The van der Waals surface area contributed by atoms with Gasteiger partial charge in [0.15, 0.2) is 0 Å². The quantitative estimate of drug-likeness (QED) is 0.788. The molecule has 24 heavy (non-hydrogen) atoms. The first-order valence-corrected chi connectivity index (χ1v) is 8.86. The van der Waals surface area contributed by atoms with Crippen molar-refractivity contribution < 1.29 is 9.59 Å². The normalized spacial score (nSPS) is 35.0. The molecule has 1 aliphatic carbocycles. The van der Waals surface area contributed by atoms with Crippen molar-refractivity contribution in [1.82, 2.24) is 20.4 Å². The summed E-state index contributed by atoms with van der Waals surface area (Å²) in [6, 6.07) is 1.97. The molecule has 7 nitrogen and oxygen atoms in total.